The summed E-state index contributed by atoms with van der Waals surface area (Å²) in [4.78, 5) is 16.4. The molecule has 1 aromatic heterocycles. The quantitative estimate of drug-likeness (QED) is 0.891. The Morgan fingerprint density at radius 3 is 2.84 bits per heavy atom. The molecule has 5 nitrogen and oxygen atoms in total. The monoisotopic (exact) mass is 261 g/mol. The molecule has 0 bridgehead atoms. The molecular weight excluding hydrogens is 242 g/mol. The first-order valence-corrected chi connectivity index (χ1v) is 6.34. The second-order valence-electron chi connectivity index (χ2n) is 4.76. The number of rotatable bonds is 5. The number of fused-ring (bicyclic) bond motifs is 1. The van der Waals surface area contributed by atoms with Gasteiger partial charge in [-0.3, -0.25) is 4.79 Å². The molecule has 2 aromatic rings. The molecule has 0 radical (unpaired) electrons. The first kappa shape index (κ1) is 13.5. The summed E-state index contributed by atoms with van der Waals surface area (Å²) in [5, 5.41) is 2.89. The highest BCUT2D eigenvalue weighted by Gasteiger charge is 2.13. The Morgan fingerprint density at radius 2 is 2.16 bits per heavy atom. The number of amides is 1. The summed E-state index contributed by atoms with van der Waals surface area (Å²) in [6.07, 6.45) is 0. The van der Waals surface area contributed by atoms with E-state index in [4.69, 9.17) is 4.74 Å². The van der Waals surface area contributed by atoms with Crippen molar-refractivity contribution in [1.29, 1.82) is 0 Å². The fraction of sp³-hybridized carbons (Fsp3) is 0.429. The van der Waals surface area contributed by atoms with Crippen molar-refractivity contribution in [3.63, 3.8) is 0 Å². The number of ether oxygens (including phenoxy) is 1. The Bertz CT molecular complexity index is 575. The number of methoxy groups -OCH3 is 1. The lowest BCUT2D eigenvalue weighted by atomic mass is 10.3. The Kier molecular flexibility index (Phi) is 4.16. The van der Waals surface area contributed by atoms with Crippen LogP contribution in [0, 0.1) is 0 Å². The van der Waals surface area contributed by atoms with Crippen LogP contribution in [0.4, 0.5) is 0 Å². The fourth-order valence-corrected chi connectivity index (χ4v) is 2.05. The second kappa shape index (κ2) is 5.84. The molecule has 0 saturated carbocycles. The first-order valence-electron chi connectivity index (χ1n) is 6.34. The average molecular weight is 261 g/mol. The molecule has 102 valence electrons. The highest BCUT2D eigenvalue weighted by molar-refractivity contribution is 5.81. The van der Waals surface area contributed by atoms with Gasteiger partial charge in [0.2, 0.25) is 5.91 Å². The van der Waals surface area contributed by atoms with E-state index in [1.54, 1.807) is 7.11 Å². The van der Waals surface area contributed by atoms with Crippen LogP contribution in [0.5, 0.6) is 0 Å². The lowest BCUT2D eigenvalue weighted by Crippen LogP contribution is -2.33. The van der Waals surface area contributed by atoms with Crippen LogP contribution in [0.15, 0.2) is 24.3 Å². The molecule has 0 aliphatic heterocycles. The highest BCUT2D eigenvalue weighted by atomic mass is 16.5. The molecule has 0 saturated heterocycles. The van der Waals surface area contributed by atoms with Gasteiger partial charge in [-0.2, -0.15) is 0 Å². The minimum atomic E-state index is -0.0180. The van der Waals surface area contributed by atoms with Gasteiger partial charge in [-0.05, 0) is 26.0 Å². The molecule has 5 heteroatoms. The number of imidazole rings is 1. The average Bonchev–Trinajstić information content (AvgIpc) is 2.67. The number of para-hydroxylation sites is 2. The lowest BCUT2D eigenvalue weighted by Gasteiger charge is -2.11. The van der Waals surface area contributed by atoms with E-state index >= 15 is 0 Å². The van der Waals surface area contributed by atoms with Crippen molar-refractivity contribution in [2.24, 2.45) is 0 Å². The molecule has 0 spiro atoms. The van der Waals surface area contributed by atoms with Gasteiger partial charge in [-0.25, -0.2) is 4.98 Å². The molecule has 1 heterocycles. The third-order valence-corrected chi connectivity index (χ3v) is 2.76. The highest BCUT2D eigenvalue weighted by Crippen LogP contribution is 2.16. The summed E-state index contributed by atoms with van der Waals surface area (Å²) in [5.74, 6) is 0.748. The Morgan fingerprint density at radius 1 is 1.42 bits per heavy atom. The lowest BCUT2D eigenvalue weighted by molar-refractivity contribution is -0.122. The Labute approximate surface area is 112 Å². The van der Waals surface area contributed by atoms with Crippen LogP contribution in [0.3, 0.4) is 0 Å². The van der Waals surface area contributed by atoms with Crippen LogP contribution in [-0.2, 0) is 22.7 Å². The van der Waals surface area contributed by atoms with Crippen LogP contribution >= 0.6 is 0 Å². The normalized spacial score (nSPS) is 11.2. The SMILES string of the molecule is COCc1nc2ccccc2n1CC(=O)NC(C)C. The zero-order valence-electron chi connectivity index (χ0n) is 11.5. The predicted octanol–water partition coefficient (Wildman–Crippen LogP) is 1.71. The largest absolute Gasteiger partial charge is 0.377 e. The molecule has 2 rings (SSSR count). The van der Waals surface area contributed by atoms with Crippen molar-refractivity contribution in [3.8, 4) is 0 Å². The van der Waals surface area contributed by atoms with E-state index in [9.17, 15) is 4.79 Å². The van der Waals surface area contributed by atoms with E-state index in [1.165, 1.54) is 0 Å². The number of benzene rings is 1. The van der Waals surface area contributed by atoms with E-state index < -0.39 is 0 Å². The Hall–Kier alpha value is -1.88. The van der Waals surface area contributed by atoms with Gasteiger partial charge < -0.3 is 14.6 Å². The predicted molar refractivity (Wildman–Crippen MR) is 73.7 cm³/mol. The van der Waals surface area contributed by atoms with Crippen molar-refractivity contribution in [2.45, 2.75) is 33.0 Å². The summed E-state index contributed by atoms with van der Waals surface area (Å²) in [6, 6.07) is 7.91. The minimum absolute atomic E-state index is 0.0180. The molecule has 1 N–H and O–H groups in total. The van der Waals surface area contributed by atoms with Crippen molar-refractivity contribution in [2.75, 3.05) is 7.11 Å². The topological polar surface area (TPSA) is 56.2 Å². The van der Waals surface area contributed by atoms with Crippen LogP contribution < -0.4 is 5.32 Å². The van der Waals surface area contributed by atoms with Gasteiger partial charge in [-0.15, -0.1) is 0 Å². The van der Waals surface area contributed by atoms with E-state index in [-0.39, 0.29) is 18.5 Å². The number of carbonyl (C=O) groups excluding carboxylic acids is 1. The number of hydrogen-bond donors (Lipinski definition) is 1. The van der Waals surface area contributed by atoms with Crippen molar-refractivity contribution in [1.82, 2.24) is 14.9 Å². The molecule has 0 aliphatic rings. The number of carbonyl (C=O) groups is 1. The molecule has 0 aliphatic carbocycles. The molecular formula is C14H19N3O2. The zero-order chi connectivity index (χ0) is 13.8. The van der Waals surface area contributed by atoms with Gasteiger partial charge in [0.15, 0.2) is 0 Å². The maximum atomic E-state index is 11.9. The fourth-order valence-electron chi connectivity index (χ4n) is 2.05. The molecule has 1 aromatic carbocycles. The van der Waals surface area contributed by atoms with Crippen LogP contribution in [0.25, 0.3) is 11.0 Å². The van der Waals surface area contributed by atoms with Crippen LogP contribution in [-0.4, -0.2) is 28.6 Å². The van der Waals surface area contributed by atoms with Crippen molar-refractivity contribution < 1.29 is 9.53 Å². The number of nitrogens with one attached hydrogen (secondary N) is 1. The van der Waals surface area contributed by atoms with Crippen molar-refractivity contribution in [3.05, 3.63) is 30.1 Å². The minimum Gasteiger partial charge on any atom is -0.377 e. The van der Waals surface area contributed by atoms with Gasteiger partial charge in [0.05, 0.1) is 11.0 Å². The smallest absolute Gasteiger partial charge is 0.240 e. The second-order valence-corrected chi connectivity index (χ2v) is 4.76. The van der Waals surface area contributed by atoms with E-state index in [0.29, 0.717) is 6.61 Å². The van der Waals surface area contributed by atoms with Gasteiger partial charge in [0.25, 0.3) is 0 Å². The van der Waals surface area contributed by atoms with Crippen LogP contribution in [0.1, 0.15) is 19.7 Å². The van der Waals surface area contributed by atoms with Crippen molar-refractivity contribution >= 4 is 16.9 Å². The summed E-state index contributed by atoms with van der Waals surface area (Å²) in [6.45, 7) is 4.54. The number of nitrogens with zero attached hydrogens (tertiary/aromatic N) is 2. The summed E-state index contributed by atoms with van der Waals surface area (Å²) < 4.78 is 7.05. The third-order valence-electron chi connectivity index (χ3n) is 2.76. The maximum Gasteiger partial charge on any atom is 0.240 e. The molecule has 0 atom stereocenters. The van der Waals surface area contributed by atoms with Gasteiger partial charge in [0, 0.05) is 13.2 Å². The van der Waals surface area contributed by atoms with E-state index in [1.807, 2.05) is 42.7 Å². The third kappa shape index (κ3) is 3.12. The van der Waals surface area contributed by atoms with Gasteiger partial charge in [0.1, 0.15) is 19.0 Å². The summed E-state index contributed by atoms with van der Waals surface area (Å²) in [5.41, 5.74) is 1.83. The van der Waals surface area contributed by atoms with Gasteiger partial charge in [-0.1, -0.05) is 12.1 Å². The molecule has 1 amide bonds. The molecule has 19 heavy (non-hydrogen) atoms. The van der Waals surface area contributed by atoms with Gasteiger partial charge >= 0.3 is 0 Å². The first-order chi connectivity index (χ1) is 9.11. The van der Waals surface area contributed by atoms with E-state index in [0.717, 1.165) is 16.9 Å². The van der Waals surface area contributed by atoms with E-state index in [2.05, 4.69) is 10.3 Å². The maximum absolute atomic E-state index is 11.9. The molecule has 0 unspecified atom stereocenters. The number of aromatic nitrogens is 2. The number of hydrogen-bond acceptors (Lipinski definition) is 3. The molecule has 0 fully saturated rings. The van der Waals surface area contributed by atoms with Crippen LogP contribution in [0.2, 0.25) is 0 Å². The standard InChI is InChI=1S/C14H19N3O2/c1-10(2)15-14(18)8-17-12-7-5-4-6-11(12)16-13(17)9-19-3/h4-7,10H,8-9H2,1-3H3,(H,15,18). The summed E-state index contributed by atoms with van der Waals surface area (Å²) in [7, 11) is 1.62. The zero-order valence-corrected chi connectivity index (χ0v) is 11.5. The summed E-state index contributed by atoms with van der Waals surface area (Å²) >= 11 is 0. The Balaban J connectivity index is 2.33.